The van der Waals surface area contributed by atoms with E-state index in [1.54, 1.807) is 6.07 Å². The van der Waals surface area contributed by atoms with Crippen LogP contribution in [0.15, 0.2) is 27.1 Å². The maximum atomic E-state index is 5.94. The van der Waals surface area contributed by atoms with E-state index in [0.29, 0.717) is 23.5 Å². The third kappa shape index (κ3) is 4.47. The van der Waals surface area contributed by atoms with Crippen molar-refractivity contribution in [1.29, 1.82) is 0 Å². The van der Waals surface area contributed by atoms with Crippen LogP contribution in [-0.4, -0.2) is 15.7 Å². The first kappa shape index (κ1) is 15.3. The molecule has 5 nitrogen and oxygen atoms in total. The first-order valence-electron chi connectivity index (χ1n) is 6.13. The molecule has 108 valence electrons. The van der Waals surface area contributed by atoms with Crippen LogP contribution in [0.2, 0.25) is 5.02 Å². The molecule has 1 heterocycles. The van der Waals surface area contributed by atoms with E-state index in [9.17, 15) is 0 Å². The zero-order valence-electron chi connectivity index (χ0n) is 11.5. The molecule has 0 bridgehead atoms. The minimum Gasteiger partial charge on any atom is -0.406 e. The Labute approximate surface area is 131 Å². The summed E-state index contributed by atoms with van der Waals surface area (Å²) in [7, 11) is 0. The van der Waals surface area contributed by atoms with Crippen LogP contribution >= 0.6 is 27.5 Å². The second-order valence-corrected chi connectivity index (χ2v) is 6.62. The van der Waals surface area contributed by atoms with Crippen molar-refractivity contribution in [2.75, 3.05) is 5.32 Å². The maximum absolute atomic E-state index is 5.94. The van der Waals surface area contributed by atoms with E-state index in [4.69, 9.17) is 16.0 Å². The molecule has 20 heavy (non-hydrogen) atoms. The van der Waals surface area contributed by atoms with Gasteiger partial charge in [0.05, 0.1) is 11.6 Å². The van der Waals surface area contributed by atoms with Crippen molar-refractivity contribution in [3.63, 3.8) is 0 Å². The van der Waals surface area contributed by atoms with Gasteiger partial charge in [0.15, 0.2) is 0 Å². The van der Waals surface area contributed by atoms with Gasteiger partial charge in [0, 0.05) is 15.7 Å². The van der Waals surface area contributed by atoms with Gasteiger partial charge in [-0.05, 0) is 54.9 Å². The fourth-order valence-electron chi connectivity index (χ4n) is 1.41. The van der Waals surface area contributed by atoms with Crippen LogP contribution in [0.5, 0.6) is 0 Å². The van der Waals surface area contributed by atoms with E-state index < -0.39 is 0 Å². The monoisotopic (exact) mass is 358 g/mol. The Balaban J connectivity index is 2.00. The van der Waals surface area contributed by atoms with E-state index in [1.165, 1.54) is 0 Å². The molecule has 0 radical (unpaired) electrons. The third-order valence-electron chi connectivity index (χ3n) is 2.41. The molecule has 2 N–H and O–H groups in total. The lowest BCUT2D eigenvalue weighted by Crippen LogP contribution is -2.35. The predicted octanol–water partition coefficient (Wildman–Crippen LogP) is 4.12. The van der Waals surface area contributed by atoms with E-state index in [1.807, 2.05) is 12.1 Å². The maximum Gasteiger partial charge on any atom is 0.320 e. The Hall–Kier alpha value is -1.11. The third-order valence-corrected chi connectivity index (χ3v) is 3.62. The normalized spacial score (nSPS) is 11.7. The number of anilines is 2. The second kappa shape index (κ2) is 6.11. The number of halogens is 2. The molecule has 1 aromatic heterocycles. The highest BCUT2D eigenvalue weighted by Gasteiger charge is 2.12. The molecule has 2 rings (SSSR count). The standard InChI is InChI=1S/C13H16BrClN4O/c1-13(2,3)16-7-11-18-19-12(20-11)17-8-4-5-10(15)9(14)6-8/h4-6,16H,7H2,1-3H3,(H,17,19). The number of nitrogens with one attached hydrogen (secondary N) is 2. The lowest BCUT2D eigenvalue weighted by atomic mass is 10.1. The minimum absolute atomic E-state index is 0.00308. The highest BCUT2D eigenvalue weighted by atomic mass is 79.9. The number of rotatable bonds is 4. The van der Waals surface area contributed by atoms with Gasteiger partial charge in [0.1, 0.15) is 0 Å². The van der Waals surface area contributed by atoms with Crippen molar-refractivity contribution in [3.8, 4) is 0 Å². The molecule has 0 unspecified atom stereocenters. The number of hydrogen-bond donors (Lipinski definition) is 2. The topological polar surface area (TPSA) is 63.0 Å². The highest BCUT2D eigenvalue weighted by molar-refractivity contribution is 9.10. The summed E-state index contributed by atoms with van der Waals surface area (Å²) in [5.41, 5.74) is 0.823. The van der Waals surface area contributed by atoms with Crippen LogP contribution in [0.4, 0.5) is 11.7 Å². The lowest BCUT2D eigenvalue weighted by molar-refractivity contribution is 0.384. The molecule has 0 spiro atoms. The molecule has 2 aromatic rings. The molecule has 0 amide bonds. The lowest BCUT2D eigenvalue weighted by Gasteiger charge is -2.18. The fraction of sp³-hybridized carbons (Fsp3) is 0.385. The largest absolute Gasteiger partial charge is 0.406 e. The summed E-state index contributed by atoms with van der Waals surface area (Å²) in [6.45, 7) is 6.76. The van der Waals surface area contributed by atoms with Crippen LogP contribution in [0.3, 0.4) is 0 Å². The van der Waals surface area contributed by atoms with Crippen LogP contribution in [0, 0.1) is 0 Å². The molecule has 7 heteroatoms. The van der Waals surface area contributed by atoms with E-state index in [2.05, 4.69) is 57.5 Å². The predicted molar refractivity (Wildman–Crippen MR) is 83.3 cm³/mol. The summed E-state index contributed by atoms with van der Waals surface area (Å²) in [5.74, 6) is 0.537. The molecule has 0 saturated carbocycles. The van der Waals surface area contributed by atoms with Crippen molar-refractivity contribution < 1.29 is 4.42 Å². The Morgan fingerprint density at radius 1 is 1.30 bits per heavy atom. The Kier molecular flexibility index (Phi) is 4.67. The molecule has 0 aliphatic carbocycles. The second-order valence-electron chi connectivity index (χ2n) is 5.36. The van der Waals surface area contributed by atoms with Gasteiger partial charge in [-0.2, -0.15) is 0 Å². The molecular formula is C13H16BrClN4O. The Morgan fingerprint density at radius 2 is 2.05 bits per heavy atom. The van der Waals surface area contributed by atoms with Gasteiger partial charge in [0.25, 0.3) is 0 Å². The Bertz CT molecular complexity index is 594. The van der Waals surface area contributed by atoms with Gasteiger partial charge in [-0.15, -0.1) is 5.10 Å². The van der Waals surface area contributed by atoms with Crippen molar-refractivity contribution in [3.05, 3.63) is 33.6 Å². The highest BCUT2D eigenvalue weighted by Crippen LogP contribution is 2.27. The van der Waals surface area contributed by atoms with Gasteiger partial charge in [-0.3, -0.25) is 0 Å². The SMILES string of the molecule is CC(C)(C)NCc1nnc(Nc2ccc(Cl)c(Br)c2)o1. The zero-order chi connectivity index (χ0) is 14.8. The summed E-state index contributed by atoms with van der Waals surface area (Å²) in [6.07, 6.45) is 0. The minimum atomic E-state index is 0.00308. The van der Waals surface area contributed by atoms with E-state index in [0.717, 1.165) is 10.2 Å². The molecule has 0 saturated heterocycles. The van der Waals surface area contributed by atoms with Crippen molar-refractivity contribution in [2.24, 2.45) is 0 Å². The Morgan fingerprint density at radius 3 is 2.70 bits per heavy atom. The number of hydrogen-bond acceptors (Lipinski definition) is 5. The summed E-state index contributed by atoms with van der Waals surface area (Å²) < 4.78 is 6.31. The zero-order valence-corrected chi connectivity index (χ0v) is 13.8. The van der Waals surface area contributed by atoms with E-state index >= 15 is 0 Å². The van der Waals surface area contributed by atoms with Gasteiger partial charge in [-0.1, -0.05) is 16.7 Å². The van der Waals surface area contributed by atoms with Crippen molar-refractivity contribution >= 4 is 39.2 Å². The first-order valence-corrected chi connectivity index (χ1v) is 7.30. The summed E-state index contributed by atoms with van der Waals surface area (Å²) >= 11 is 9.30. The summed E-state index contributed by atoms with van der Waals surface area (Å²) in [4.78, 5) is 0. The first-order chi connectivity index (χ1) is 9.33. The average Bonchev–Trinajstić information content (AvgIpc) is 2.78. The summed E-state index contributed by atoms with van der Waals surface area (Å²) in [5, 5.41) is 14.9. The van der Waals surface area contributed by atoms with Crippen molar-refractivity contribution in [1.82, 2.24) is 15.5 Å². The quantitative estimate of drug-likeness (QED) is 0.860. The molecule has 0 aliphatic heterocycles. The number of nitrogens with zero attached hydrogens (tertiary/aromatic N) is 2. The van der Waals surface area contributed by atoms with Crippen LogP contribution in [-0.2, 0) is 6.54 Å². The van der Waals surface area contributed by atoms with Crippen LogP contribution < -0.4 is 10.6 Å². The van der Waals surface area contributed by atoms with Gasteiger partial charge in [-0.25, -0.2) is 0 Å². The van der Waals surface area contributed by atoms with Crippen molar-refractivity contribution in [2.45, 2.75) is 32.9 Å². The fourth-order valence-corrected chi connectivity index (χ4v) is 1.91. The molecule has 0 atom stereocenters. The van der Waals surface area contributed by atoms with Gasteiger partial charge >= 0.3 is 6.01 Å². The molecule has 0 aliphatic rings. The van der Waals surface area contributed by atoms with Gasteiger partial charge < -0.3 is 15.1 Å². The number of benzene rings is 1. The average molecular weight is 360 g/mol. The number of aromatic nitrogens is 2. The summed E-state index contributed by atoms with van der Waals surface area (Å²) in [6, 6.07) is 5.82. The molecule has 0 fully saturated rings. The smallest absolute Gasteiger partial charge is 0.320 e. The van der Waals surface area contributed by atoms with E-state index in [-0.39, 0.29) is 5.54 Å². The van der Waals surface area contributed by atoms with Crippen LogP contribution in [0.1, 0.15) is 26.7 Å². The van der Waals surface area contributed by atoms with Gasteiger partial charge in [0.2, 0.25) is 5.89 Å². The molecule has 1 aromatic carbocycles. The van der Waals surface area contributed by atoms with Crippen LogP contribution in [0.25, 0.3) is 0 Å². The molecular weight excluding hydrogens is 344 g/mol.